The summed E-state index contributed by atoms with van der Waals surface area (Å²) in [7, 11) is 1.40. The maximum Gasteiger partial charge on any atom is 1.00 e. The van der Waals surface area contributed by atoms with Gasteiger partial charge in [-0.15, -0.1) is 0 Å². The van der Waals surface area contributed by atoms with Gasteiger partial charge in [0.15, 0.2) is 0 Å². The molecule has 4 rings (SSSR count). The number of carboxylic acids is 1. The second-order valence-electron chi connectivity index (χ2n) is 14.8. The molecule has 2 saturated heterocycles. The van der Waals surface area contributed by atoms with Crippen LogP contribution in [0.25, 0.3) is 0 Å². The molecule has 0 spiro atoms. The number of hydrogen-bond donors (Lipinski definition) is 1. The van der Waals surface area contributed by atoms with Gasteiger partial charge in [0.05, 0.1) is 26.7 Å². The summed E-state index contributed by atoms with van der Waals surface area (Å²) in [5.74, 6) is -1.08. The predicted octanol–water partition coefficient (Wildman–Crippen LogP) is -0.874. The molecular weight excluding hydrogens is 711 g/mol. The van der Waals surface area contributed by atoms with Crippen LogP contribution in [0.5, 0.6) is 0 Å². The SMILES string of the molecule is CC(C)(C)c1ccc(N2CCCN(CCCC(=O)[O-])CC2)cc1.CC(C)(C)c1ccc(N2CCC[NH2+]CC2)cc1.COC(=O)CCCBr.[Cl-].[Li+]. The number of esters is 1. The average Bonchev–Trinajstić information content (AvgIpc) is 3.47. The summed E-state index contributed by atoms with van der Waals surface area (Å²) in [4.78, 5) is 28.1. The first kappa shape index (κ1) is 48.3. The van der Waals surface area contributed by atoms with E-state index in [-0.39, 0.29) is 54.5 Å². The number of rotatable bonds is 9. The molecule has 0 unspecified atom stereocenters. The Balaban J connectivity index is 0.000000784. The van der Waals surface area contributed by atoms with Gasteiger partial charge >= 0.3 is 24.8 Å². The molecule has 278 valence electrons. The number of ether oxygens (including phenoxy) is 1. The van der Waals surface area contributed by atoms with Crippen molar-refractivity contribution in [2.24, 2.45) is 0 Å². The van der Waals surface area contributed by atoms with Crippen molar-refractivity contribution in [3.63, 3.8) is 0 Å². The number of carbonyl (C=O) groups excluding carboxylic acids is 2. The van der Waals surface area contributed by atoms with Crippen LogP contribution in [0.1, 0.15) is 91.2 Å². The van der Waals surface area contributed by atoms with Crippen molar-refractivity contribution >= 4 is 39.2 Å². The third kappa shape index (κ3) is 19.2. The van der Waals surface area contributed by atoms with E-state index in [1.807, 2.05) is 0 Å². The number of hydrogen-bond acceptors (Lipinski definition) is 7. The number of alkyl halides is 1. The summed E-state index contributed by atoms with van der Waals surface area (Å²) in [5, 5.41) is 13.8. The van der Waals surface area contributed by atoms with Crippen LogP contribution in [0.4, 0.5) is 11.4 Å². The molecule has 2 fully saturated rings. The van der Waals surface area contributed by atoms with Gasteiger partial charge in [-0.05, 0) is 85.0 Å². The number of anilines is 2. The zero-order valence-corrected chi connectivity index (χ0v) is 34.6. The van der Waals surface area contributed by atoms with Crippen molar-refractivity contribution < 1.29 is 56.0 Å². The molecule has 8 nitrogen and oxygen atoms in total. The topological polar surface area (TPSA) is 92.8 Å². The molecule has 0 amide bonds. The van der Waals surface area contributed by atoms with Gasteiger partial charge in [-0.1, -0.05) is 81.7 Å². The van der Waals surface area contributed by atoms with Crippen LogP contribution in [0.15, 0.2) is 48.5 Å². The number of methoxy groups -OCH3 is 1. The van der Waals surface area contributed by atoms with Crippen molar-refractivity contribution in [1.82, 2.24) is 4.90 Å². The monoisotopic (exact) mass is 772 g/mol. The maximum absolute atomic E-state index is 10.5. The van der Waals surface area contributed by atoms with Gasteiger partial charge in [0.1, 0.15) is 0 Å². The summed E-state index contributed by atoms with van der Waals surface area (Å²) >= 11 is 3.20. The third-order valence-electron chi connectivity index (χ3n) is 8.82. The van der Waals surface area contributed by atoms with E-state index in [0.29, 0.717) is 12.8 Å². The fourth-order valence-electron chi connectivity index (χ4n) is 5.75. The smallest absolute Gasteiger partial charge is 1.00 e. The molecule has 0 radical (unpaired) electrons. The van der Waals surface area contributed by atoms with Gasteiger partial charge in [-0.25, -0.2) is 0 Å². The number of nitrogens with two attached hydrogens (primary N) is 1. The van der Waals surface area contributed by atoms with Gasteiger partial charge in [-0.2, -0.15) is 0 Å². The zero-order chi connectivity index (χ0) is 35.6. The second kappa shape index (κ2) is 25.3. The van der Waals surface area contributed by atoms with Crippen molar-refractivity contribution in [2.45, 2.75) is 90.9 Å². The van der Waals surface area contributed by atoms with Crippen LogP contribution in [0.3, 0.4) is 0 Å². The zero-order valence-electron chi connectivity index (χ0n) is 32.2. The molecular formula is C39H63BrClLiN4O4. The molecule has 2 aromatic rings. The quantitative estimate of drug-likeness (QED) is 0.202. The largest absolute Gasteiger partial charge is 1.00 e. The van der Waals surface area contributed by atoms with Crippen molar-refractivity contribution in [2.75, 3.05) is 81.1 Å². The van der Waals surface area contributed by atoms with E-state index in [4.69, 9.17) is 0 Å². The van der Waals surface area contributed by atoms with Crippen LogP contribution in [-0.4, -0.2) is 88.2 Å². The van der Waals surface area contributed by atoms with Crippen LogP contribution in [-0.2, 0) is 25.2 Å². The molecule has 2 aromatic carbocycles. The number of nitrogens with zero attached hydrogens (tertiary/aromatic N) is 3. The van der Waals surface area contributed by atoms with Crippen LogP contribution in [0, 0.1) is 0 Å². The fraction of sp³-hybridized carbons (Fsp3) is 0.641. The van der Waals surface area contributed by atoms with E-state index in [9.17, 15) is 14.7 Å². The normalized spacial score (nSPS) is 15.4. The standard InChI is InChI=1S/C19H30N2O2.C15H24N2.C5H9BrO2.ClH.Li/c1-19(2,3)16-7-9-17(10-8-16)21-13-5-12-20(14-15-21)11-4-6-18(22)23;1-15(2,3)13-5-7-14(8-6-13)17-11-4-9-16-10-12-17;1-8-5(7)3-2-4-6;;/h7-10H,4-6,11-15H2,1-3H3,(H,22,23);5-8,16H,4,9-12H2,1-3H3;2-4H2,1H3;1H;/q;;;;+1/p-1. The Hall–Kier alpha value is -1.73. The minimum Gasteiger partial charge on any atom is -1.00 e. The number of quaternary nitrogens is 1. The van der Waals surface area contributed by atoms with Gasteiger partial charge in [0.25, 0.3) is 0 Å². The minimum atomic E-state index is -0.944. The first-order chi connectivity index (χ1) is 22.7. The molecule has 2 aliphatic rings. The van der Waals surface area contributed by atoms with Crippen LogP contribution >= 0.6 is 15.9 Å². The Labute approximate surface area is 330 Å². The first-order valence-corrected chi connectivity index (χ1v) is 18.9. The molecule has 2 N–H and O–H groups in total. The Kier molecular flexibility index (Phi) is 24.4. The number of carbonyl (C=O) groups is 2. The second-order valence-corrected chi connectivity index (χ2v) is 15.6. The molecule has 2 aliphatic heterocycles. The summed E-state index contributed by atoms with van der Waals surface area (Å²) in [6, 6.07) is 18.1. The van der Waals surface area contributed by atoms with E-state index < -0.39 is 5.97 Å². The number of benzene rings is 2. The van der Waals surface area contributed by atoms with E-state index >= 15 is 0 Å². The third-order valence-corrected chi connectivity index (χ3v) is 9.38. The van der Waals surface area contributed by atoms with Crippen LogP contribution < -0.4 is 51.5 Å². The van der Waals surface area contributed by atoms with E-state index in [1.165, 1.54) is 62.2 Å². The van der Waals surface area contributed by atoms with Gasteiger partial charge in [-0.3, -0.25) is 4.79 Å². The Morgan fingerprint density at radius 1 is 0.740 bits per heavy atom. The van der Waals surface area contributed by atoms with E-state index in [2.05, 4.69) is 131 Å². The molecule has 0 aliphatic carbocycles. The Morgan fingerprint density at radius 3 is 1.74 bits per heavy atom. The molecule has 11 heteroatoms. The average molecular weight is 774 g/mol. The van der Waals surface area contributed by atoms with E-state index in [0.717, 1.165) is 50.9 Å². The van der Waals surface area contributed by atoms with Crippen molar-refractivity contribution in [1.29, 1.82) is 0 Å². The summed E-state index contributed by atoms with van der Waals surface area (Å²) in [6.07, 6.45) is 4.62. The van der Waals surface area contributed by atoms with Crippen molar-refractivity contribution in [3.05, 3.63) is 59.7 Å². The summed E-state index contributed by atoms with van der Waals surface area (Å²) < 4.78 is 4.39. The molecule has 2 heterocycles. The van der Waals surface area contributed by atoms with Gasteiger partial charge in [0, 0.05) is 61.7 Å². The molecule has 0 aromatic heterocycles. The van der Waals surface area contributed by atoms with Crippen LogP contribution in [0.2, 0.25) is 0 Å². The first-order valence-electron chi connectivity index (χ1n) is 17.8. The van der Waals surface area contributed by atoms with Gasteiger partial charge in [0.2, 0.25) is 0 Å². The Bertz CT molecular complexity index is 1200. The Morgan fingerprint density at radius 2 is 1.26 bits per heavy atom. The number of carboxylic acid groups (broad SMARTS) is 1. The molecule has 0 saturated carbocycles. The number of aliphatic carboxylic acids is 1. The summed E-state index contributed by atoms with van der Waals surface area (Å²) in [6.45, 7) is 23.3. The number of halogens is 2. The molecule has 50 heavy (non-hydrogen) atoms. The summed E-state index contributed by atoms with van der Waals surface area (Å²) in [5.41, 5.74) is 5.89. The van der Waals surface area contributed by atoms with Gasteiger partial charge < -0.3 is 47.1 Å². The predicted molar refractivity (Wildman–Crippen MR) is 201 cm³/mol. The molecule has 0 atom stereocenters. The molecule has 0 bridgehead atoms. The maximum atomic E-state index is 10.5. The minimum absolute atomic E-state index is 0. The fourth-order valence-corrected chi connectivity index (χ4v) is 6.03. The van der Waals surface area contributed by atoms with E-state index in [1.54, 1.807) is 0 Å². The van der Waals surface area contributed by atoms with Crippen molar-refractivity contribution in [3.8, 4) is 0 Å².